The summed E-state index contributed by atoms with van der Waals surface area (Å²) in [5, 5.41) is 11.6. The number of hydrogen-bond donors (Lipinski definition) is 1. The van der Waals surface area contributed by atoms with E-state index < -0.39 is 17.7 Å². The first-order valence-corrected chi connectivity index (χ1v) is 12.7. The first-order chi connectivity index (χ1) is 18.3. The van der Waals surface area contributed by atoms with Gasteiger partial charge in [0.25, 0.3) is 11.7 Å². The van der Waals surface area contributed by atoms with E-state index in [4.69, 9.17) is 14.2 Å². The number of carbonyl (C=O) groups excluding carboxylic acids is 2. The second kappa shape index (κ2) is 11.4. The lowest BCUT2D eigenvalue weighted by molar-refractivity contribution is -0.132. The normalized spacial score (nSPS) is 16.7. The van der Waals surface area contributed by atoms with E-state index in [1.807, 2.05) is 32.9 Å². The zero-order valence-electron chi connectivity index (χ0n) is 22.4. The fourth-order valence-corrected chi connectivity index (χ4v) is 4.72. The number of amides is 1. The second-order valence-corrected chi connectivity index (χ2v) is 9.37. The summed E-state index contributed by atoms with van der Waals surface area (Å²) in [6, 6.07) is 18.6. The van der Waals surface area contributed by atoms with Gasteiger partial charge in [0.05, 0.1) is 32.4 Å². The lowest BCUT2D eigenvalue weighted by Gasteiger charge is -2.27. The molecule has 1 aliphatic heterocycles. The van der Waals surface area contributed by atoms with Gasteiger partial charge in [0, 0.05) is 22.9 Å². The number of aliphatic hydroxyl groups excluding tert-OH is 1. The number of ether oxygens (including phenoxy) is 3. The van der Waals surface area contributed by atoms with E-state index in [0.717, 1.165) is 12.0 Å². The average molecular weight is 516 g/mol. The van der Waals surface area contributed by atoms with Crippen LogP contribution in [-0.2, 0) is 9.59 Å². The summed E-state index contributed by atoms with van der Waals surface area (Å²) in [4.78, 5) is 28.5. The molecule has 3 aromatic rings. The molecule has 1 unspecified atom stereocenters. The lowest BCUT2D eigenvalue weighted by Crippen LogP contribution is -2.29. The van der Waals surface area contributed by atoms with Crippen molar-refractivity contribution in [2.24, 2.45) is 0 Å². The molecule has 1 N–H and O–H groups in total. The number of ketones is 1. The van der Waals surface area contributed by atoms with Gasteiger partial charge in [-0.3, -0.25) is 14.5 Å². The maximum Gasteiger partial charge on any atom is 0.300 e. The predicted molar refractivity (Wildman–Crippen MR) is 147 cm³/mol. The molecule has 198 valence electrons. The fraction of sp³-hybridized carbons (Fsp3) is 0.290. The van der Waals surface area contributed by atoms with Crippen LogP contribution < -0.4 is 19.1 Å². The third-order valence-corrected chi connectivity index (χ3v) is 6.57. The van der Waals surface area contributed by atoms with Gasteiger partial charge in [0.15, 0.2) is 0 Å². The zero-order chi connectivity index (χ0) is 27.4. The van der Waals surface area contributed by atoms with Gasteiger partial charge in [-0.2, -0.15) is 0 Å². The molecule has 4 rings (SSSR count). The molecule has 0 bridgehead atoms. The number of methoxy groups -OCH3 is 2. The van der Waals surface area contributed by atoms with Gasteiger partial charge in [-0.25, -0.2) is 0 Å². The van der Waals surface area contributed by atoms with Crippen molar-refractivity contribution in [3.05, 3.63) is 89.0 Å². The first-order valence-electron chi connectivity index (χ1n) is 12.7. The Hall–Kier alpha value is -4.26. The van der Waals surface area contributed by atoms with Gasteiger partial charge < -0.3 is 19.3 Å². The van der Waals surface area contributed by atoms with Gasteiger partial charge >= 0.3 is 0 Å². The number of para-hydroxylation sites is 1. The van der Waals surface area contributed by atoms with Crippen molar-refractivity contribution in [3.8, 4) is 17.2 Å². The Kier molecular flexibility index (Phi) is 8.05. The van der Waals surface area contributed by atoms with Gasteiger partial charge in [-0.05, 0) is 54.3 Å². The zero-order valence-corrected chi connectivity index (χ0v) is 22.4. The van der Waals surface area contributed by atoms with Crippen LogP contribution in [0.2, 0.25) is 0 Å². The number of Topliss-reactive ketones (excluding diaryl/α,β-unsaturated/α-hetero) is 1. The van der Waals surface area contributed by atoms with Crippen LogP contribution >= 0.6 is 0 Å². The Bertz CT molecular complexity index is 1380. The van der Waals surface area contributed by atoms with Crippen molar-refractivity contribution < 1.29 is 28.9 Å². The molecule has 1 amide bonds. The Morgan fingerprint density at radius 2 is 1.68 bits per heavy atom. The van der Waals surface area contributed by atoms with Crippen molar-refractivity contribution in [1.82, 2.24) is 0 Å². The molecule has 1 aliphatic rings. The molecule has 0 aromatic heterocycles. The molecule has 3 aromatic carbocycles. The quantitative estimate of drug-likeness (QED) is 0.206. The molecule has 1 saturated heterocycles. The van der Waals surface area contributed by atoms with E-state index in [-0.39, 0.29) is 17.3 Å². The molecule has 38 heavy (non-hydrogen) atoms. The first kappa shape index (κ1) is 26.8. The summed E-state index contributed by atoms with van der Waals surface area (Å²) < 4.78 is 16.9. The molecule has 0 radical (unpaired) electrons. The predicted octanol–water partition coefficient (Wildman–Crippen LogP) is 6.24. The summed E-state index contributed by atoms with van der Waals surface area (Å²) in [5.41, 5.74) is 2.34. The molecule has 1 heterocycles. The van der Waals surface area contributed by atoms with Gasteiger partial charge in [0.2, 0.25) is 0 Å². The monoisotopic (exact) mass is 515 g/mol. The van der Waals surface area contributed by atoms with Crippen molar-refractivity contribution in [1.29, 1.82) is 0 Å². The number of rotatable bonds is 9. The Balaban J connectivity index is 1.94. The number of aliphatic hydroxyl groups is 1. The molecular formula is C31H33NO6. The maximum atomic E-state index is 13.6. The highest BCUT2D eigenvalue weighted by Gasteiger charge is 2.48. The van der Waals surface area contributed by atoms with Crippen molar-refractivity contribution >= 4 is 23.1 Å². The topological polar surface area (TPSA) is 85.3 Å². The molecule has 0 aliphatic carbocycles. The highest BCUT2D eigenvalue weighted by Crippen LogP contribution is 2.45. The van der Waals surface area contributed by atoms with E-state index in [1.165, 1.54) is 12.0 Å². The molecule has 7 nitrogen and oxygen atoms in total. The van der Waals surface area contributed by atoms with Crippen molar-refractivity contribution in [2.75, 3.05) is 25.7 Å². The van der Waals surface area contributed by atoms with Crippen LogP contribution in [0.5, 0.6) is 17.2 Å². The van der Waals surface area contributed by atoms with Crippen LogP contribution in [0.4, 0.5) is 5.69 Å². The van der Waals surface area contributed by atoms with E-state index in [9.17, 15) is 14.7 Å². The largest absolute Gasteiger partial charge is 0.507 e. The number of nitrogens with zero attached hydrogens (tertiary/aromatic N) is 1. The smallest absolute Gasteiger partial charge is 0.300 e. The van der Waals surface area contributed by atoms with E-state index in [2.05, 4.69) is 0 Å². The minimum Gasteiger partial charge on any atom is -0.507 e. The number of hydrogen-bond acceptors (Lipinski definition) is 6. The highest BCUT2D eigenvalue weighted by atomic mass is 16.5. The molecule has 7 heteroatoms. The third kappa shape index (κ3) is 4.96. The van der Waals surface area contributed by atoms with E-state index >= 15 is 0 Å². The van der Waals surface area contributed by atoms with Crippen LogP contribution in [0, 0.1) is 0 Å². The lowest BCUT2D eigenvalue weighted by atomic mass is 9.92. The fourth-order valence-electron chi connectivity index (χ4n) is 4.72. The summed E-state index contributed by atoms with van der Waals surface area (Å²) in [7, 11) is 3.12. The van der Waals surface area contributed by atoms with E-state index in [1.54, 1.807) is 61.7 Å². The van der Waals surface area contributed by atoms with Crippen LogP contribution in [0.15, 0.2) is 72.3 Å². The minimum absolute atomic E-state index is 0.0146. The summed E-state index contributed by atoms with van der Waals surface area (Å²) >= 11 is 0. The Morgan fingerprint density at radius 1 is 0.947 bits per heavy atom. The molecule has 0 saturated carbocycles. The van der Waals surface area contributed by atoms with Gasteiger partial charge in [-0.15, -0.1) is 0 Å². The second-order valence-electron chi connectivity index (χ2n) is 9.37. The number of anilines is 1. The molecular weight excluding hydrogens is 482 g/mol. The van der Waals surface area contributed by atoms with Gasteiger partial charge in [0.1, 0.15) is 23.0 Å². The molecule has 1 atom stereocenters. The highest BCUT2D eigenvalue weighted by molar-refractivity contribution is 6.51. The number of carbonyl (C=O) groups is 2. The Labute approximate surface area is 223 Å². The average Bonchev–Trinajstić information content (AvgIpc) is 3.20. The van der Waals surface area contributed by atoms with Crippen LogP contribution in [-0.4, -0.2) is 37.6 Å². The van der Waals surface area contributed by atoms with Crippen LogP contribution in [0.1, 0.15) is 55.8 Å². The summed E-state index contributed by atoms with van der Waals surface area (Å²) in [6.45, 7) is 6.56. The number of benzene rings is 3. The molecule has 1 fully saturated rings. The Morgan fingerprint density at radius 3 is 2.37 bits per heavy atom. The molecule has 0 spiro atoms. The SMILES string of the molecule is CCCOc1cccc(N2C(=O)C(=O)/C(=C(/O)c3ccc(OC)c(C(C)C)c3)C2c2ccccc2OC)c1. The summed E-state index contributed by atoms with van der Waals surface area (Å²) in [6.07, 6.45) is 0.830. The van der Waals surface area contributed by atoms with Crippen molar-refractivity contribution in [2.45, 2.75) is 39.2 Å². The maximum absolute atomic E-state index is 13.6. The van der Waals surface area contributed by atoms with Gasteiger partial charge in [-0.1, -0.05) is 45.0 Å². The van der Waals surface area contributed by atoms with Crippen LogP contribution in [0.3, 0.4) is 0 Å². The van der Waals surface area contributed by atoms with Crippen LogP contribution in [0.25, 0.3) is 5.76 Å². The third-order valence-electron chi connectivity index (χ3n) is 6.57. The van der Waals surface area contributed by atoms with Crippen molar-refractivity contribution in [3.63, 3.8) is 0 Å². The van der Waals surface area contributed by atoms with E-state index in [0.29, 0.717) is 40.7 Å². The minimum atomic E-state index is -0.919. The standard InChI is InChI=1S/C31H33NO6/c1-6-16-38-22-11-9-10-21(18-22)32-28(23-12-7-8-13-25(23)36-4)27(30(34)31(32)35)29(33)20-14-15-26(37-5)24(17-20)19(2)3/h7-15,17-19,28,33H,6,16H2,1-5H3/b29-27+. The summed E-state index contributed by atoms with van der Waals surface area (Å²) in [5.74, 6) is 0.0868.